The first-order valence-electron chi connectivity index (χ1n) is 9.56. The number of nitrogens with one attached hydrogen (secondary N) is 2. The third kappa shape index (κ3) is 5.07. The maximum absolute atomic E-state index is 12.6. The van der Waals surface area contributed by atoms with E-state index in [4.69, 9.17) is 18.6 Å². The lowest BCUT2D eigenvalue weighted by Crippen LogP contribution is -2.19. The van der Waals surface area contributed by atoms with Crippen molar-refractivity contribution in [3.63, 3.8) is 0 Å². The first kappa shape index (κ1) is 22.4. The lowest BCUT2D eigenvalue weighted by Gasteiger charge is -2.13. The quantitative estimate of drug-likeness (QED) is 0.410. The third-order valence-electron chi connectivity index (χ3n) is 4.54. The smallest absolute Gasteiger partial charge is 0.291 e. The molecule has 9 nitrogen and oxygen atoms in total. The van der Waals surface area contributed by atoms with Crippen LogP contribution in [0.5, 0.6) is 17.2 Å². The van der Waals surface area contributed by atoms with Crippen molar-refractivity contribution in [2.24, 2.45) is 5.10 Å². The number of hydrogen-bond acceptors (Lipinski definition) is 7. The molecule has 32 heavy (non-hydrogen) atoms. The minimum atomic E-state index is -0.453. The number of nitrogens with zero attached hydrogens (tertiary/aromatic N) is 1. The Labute approximate surface area is 185 Å². The summed E-state index contributed by atoms with van der Waals surface area (Å²) in [6.45, 7) is 1.74. The van der Waals surface area contributed by atoms with E-state index < -0.39 is 5.91 Å². The molecule has 0 atom stereocenters. The van der Waals surface area contributed by atoms with Crippen LogP contribution in [0.15, 0.2) is 64.3 Å². The Hall–Kier alpha value is -4.27. The van der Waals surface area contributed by atoms with Crippen molar-refractivity contribution in [1.82, 2.24) is 5.43 Å². The fraction of sp³-hybridized carbons (Fsp3) is 0.174. The van der Waals surface area contributed by atoms with E-state index in [2.05, 4.69) is 15.8 Å². The number of amides is 2. The molecule has 0 radical (unpaired) electrons. The molecule has 2 N–H and O–H groups in total. The largest absolute Gasteiger partial charge is 0.493 e. The summed E-state index contributed by atoms with van der Waals surface area (Å²) in [4.78, 5) is 24.8. The molecule has 0 bridgehead atoms. The molecule has 1 heterocycles. The molecule has 166 valence electrons. The number of hydrogen-bond donors (Lipinski definition) is 2. The van der Waals surface area contributed by atoms with Crippen molar-refractivity contribution in [3.8, 4) is 17.2 Å². The molecule has 0 aliphatic heterocycles. The van der Waals surface area contributed by atoms with E-state index in [1.165, 1.54) is 39.7 Å². The summed E-state index contributed by atoms with van der Waals surface area (Å²) in [5, 5.41) is 6.92. The van der Waals surface area contributed by atoms with Crippen LogP contribution in [0, 0.1) is 0 Å². The number of hydrazone groups is 1. The SMILES string of the molecule is COc1cc(C(=O)N/N=C(/C)c2cccc(NC(=O)c3ccco3)c2)cc(OC)c1OC. The van der Waals surface area contributed by atoms with Crippen molar-refractivity contribution in [2.75, 3.05) is 26.6 Å². The molecule has 0 saturated carbocycles. The van der Waals surface area contributed by atoms with Gasteiger partial charge >= 0.3 is 0 Å². The maximum atomic E-state index is 12.6. The van der Waals surface area contributed by atoms with Crippen LogP contribution in [0.4, 0.5) is 5.69 Å². The van der Waals surface area contributed by atoms with Crippen molar-refractivity contribution in [3.05, 3.63) is 71.7 Å². The number of methoxy groups -OCH3 is 3. The lowest BCUT2D eigenvalue weighted by molar-refractivity contribution is 0.0952. The van der Waals surface area contributed by atoms with Crippen LogP contribution in [0.1, 0.15) is 33.4 Å². The summed E-state index contributed by atoms with van der Waals surface area (Å²) in [5.74, 6) is 0.497. The molecule has 3 aromatic rings. The summed E-state index contributed by atoms with van der Waals surface area (Å²) in [6, 6.07) is 13.3. The van der Waals surface area contributed by atoms with E-state index >= 15 is 0 Å². The summed E-state index contributed by atoms with van der Waals surface area (Å²) < 4.78 is 20.9. The molecule has 0 fully saturated rings. The molecular weight excluding hydrogens is 414 g/mol. The highest BCUT2D eigenvalue weighted by Crippen LogP contribution is 2.38. The highest BCUT2D eigenvalue weighted by Gasteiger charge is 2.17. The predicted octanol–water partition coefficient (Wildman–Crippen LogP) is 3.71. The van der Waals surface area contributed by atoms with Crippen LogP contribution in [0.2, 0.25) is 0 Å². The fourth-order valence-corrected chi connectivity index (χ4v) is 2.90. The predicted molar refractivity (Wildman–Crippen MR) is 119 cm³/mol. The minimum absolute atomic E-state index is 0.207. The second kappa shape index (κ2) is 10.2. The number of benzene rings is 2. The van der Waals surface area contributed by atoms with Gasteiger partial charge in [-0.3, -0.25) is 9.59 Å². The van der Waals surface area contributed by atoms with E-state index in [-0.39, 0.29) is 17.2 Å². The number of carbonyl (C=O) groups excluding carboxylic acids is 2. The average Bonchev–Trinajstić information content (AvgIpc) is 3.36. The van der Waals surface area contributed by atoms with Gasteiger partial charge in [-0.2, -0.15) is 5.10 Å². The van der Waals surface area contributed by atoms with Gasteiger partial charge in [0.1, 0.15) is 0 Å². The molecule has 0 spiro atoms. The van der Waals surface area contributed by atoms with Crippen LogP contribution in [0.3, 0.4) is 0 Å². The number of rotatable bonds is 8. The van der Waals surface area contributed by atoms with Crippen LogP contribution >= 0.6 is 0 Å². The number of ether oxygens (including phenoxy) is 3. The van der Waals surface area contributed by atoms with Crippen LogP contribution in [0.25, 0.3) is 0 Å². The molecule has 2 aromatic carbocycles. The second-order valence-electron chi connectivity index (χ2n) is 6.56. The van der Waals surface area contributed by atoms with E-state index in [9.17, 15) is 9.59 Å². The molecule has 1 aromatic heterocycles. The number of anilines is 1. The molecule has 2 amide bonds. The Balaban J connectivity index is 1.74. The molecular formula is C23H23N3O6. The van der Waals surface area contributed by atoms with E-state index in [1.807, 2.05) is 6.07 Å². The molecule has 0 aliphatic carbocycles. The van der Waals surface area contributed by atoms with Crippen LogP contribution < -0.4 is 25.0 Å². The molecule has 0 aliphatic rings. The lowest BCUT2D eigenvalue weighted by atomic mass is 10.1. The Morgan fingerprint density at radius 1 is 0.875 bits per heavy atom. The normalized spacial score (nSPS) is 10.9. The van der Waals surface area contributed by atoms with Crippen molar-refractivity contribution >= 4 is 23.2 Å². The Bertz CT molecular complexity index is 1110. The van der Waals surface area contributed by atoms with E-state index in [0.29, 0.717) is 34.2 Å². The minimum Gasteiger partial charge on any atom is -0.493 e. The summed E-state index contributed by atoms with van der Waals surface area (Å²) in [6.07, 6.45) is 1.43. The highest BCUT2D eigenvalue weighted by molar-refractivity contribution is 6.04. The topological polar surface area (TPSA) is 111 Å². The van der Waals surface area contributed by atoms with Gasteiger partial charge in [-0.15, -0.1) is 0 Å². The van der Waals surface area contributed by atoms with E-state index in [1.54, 1.807) is 37.3 Å². The Morgan fingerprint density at radius 2 is 1.59 bits per heavy atom. The first-order valence-corrected chi connectivity index (χ1v) is 9.56. The molecule has 0 saturated heterocycles. The van der Waals surface area contributed by atoms with Gasteiger partial charge in [0.2, 0.25) is 5.75 Å². The van der Waals surface area contributed by atoms with Crippen molar-refractivity contribution < 1.29 is 28.2 Å². The van der Waals surface area contributed by atoms with Gasteiger partial charge in [-0.1, -0.05) is 12.1 Å². The maximum Gasteiger partial charge on any atom is 0.291 e. The van der Waals surface area contributed by atoms with Crippen molar-refractivity contribution in [2.45, 2.75) is 6.92 Å². The van der Waals surface area contributed by atoms with Gasteiger partial charge in [0.05, 0.1) is 33.3 Å². The summed E-state index contributed by atoms with van der Waals surface area (Å²) in [7, 11) is 4.43. The van der Waals surface area contributed by atoms with Crippen LogP contribution in [-0.2, 0) is 0 Å². The Kier molecular flexibility index (Phi) is 7.12. The number of carbonyl (C=O) groups is 2. The zero-order valence-electron chi connectivity index (χ0n) is 18.1. The van der Waals surface area contributed by atoms with E-state index in [0.717, 1.165) is 0 Å². The molecule has 0 unspecified atom stereocenters. The van der Waals surface area contributed by atoms with Gasteiger partial charge in [0, 0.05) is 11.3 Å². The fourth-order valence-electron chi connectivity index (χ4n) is 2.90. The van der Waals surface area contributed by atoms with Gasteiger partial charge in [-0.05, 0) is 48.9 Å². The highest BCUT2D eigenvalue weighted by atomic mass is 16.5. The second-order valence-corrected chi connectivity index (χ2v) is 6.56. The molecule has 3 rings (SSSR count). The van der Waals surface area contributed by atoms with Crippen molar-refractivity contribution in [1.29, 1.82) is 0 Å². The Morgan fingerprint density at radius 3 is 2.19 bits per heavy atom. The standard InChI is InChI=1S/C23H23N3O6/c1-14(15-7-5-8-17(11-15)24-23(28)18-9-6-10-32-18)25-26-22(27)16-12-19(29-2)21(31-4)20(13-16)30-3/h5-13H,1-4H3,(H,24,28)(H,26,27)/b25-14-. The first-order chi connectivity index (χ1) is 15.5. The molecule has 9 heteroatoms. The third-order valence-corrected chi connectivity index (χ3v) is 4.54. The zero-order chi connectivity index (χ0) is 23.1. The van der Waals surface area contributed by atoms with Gasteiger partial charge in [0.25, 0.3) is 11.8 Å². The van der Waals surface area contributed by atoms with Gasteiger partial charge in [0.15, 0.2) is 17.3 Å². The van der Waals surface area contributed by atoms with Crippen LogP contribution in [-0.4, -0.2) is 38.9 Å². The monoisotopic (exact) mass is 437 g/mol. The van der Waals surface area contributed by atoms with Gasteiger partial charge in [-0.25, -0.2) is 5.43 Å². The average molecular weight is 437 g/mol. The zero-order valence-corrected chi connectivity index (χ0v) is 18.1. The summed E-state index contributed by atoms with van der Waals surface area (Å²) >= 11 is 0. The summed E-state index contributed by atoms with van der Waals surface area (Å²) in [5.41, 5.74) is 4.62. The number of furan rings is 1. The van der Waals surface area contributed by atoms with Gasteiger partial charge < -0.3 is 23.9 Å².